The van der Waals surface area contributed by atoms with Crippen LogP contribution in [0.1, 0.15) is 10.6 Å². The smallest absolute Gasteiger partial charge is 0.374 e. The normalized spacial score (nSPS) is 14.8. The summed E-state index contributed by atoms with van der Waals surface area (Å²) in [4.78, 5) is 26.4. The van der Waals surface area contributed by atoms with E-state index in [1.165, 1.54) is 27.4 Å². The Labute approximate surface area is 196 Å². The first kappa shape index (κ1) is 23.0. The fourth-order valence-electron chi connectivity index (χ4n) is 3.46. The molecule has 4 rings (SSSR count). The van der Waals surface area contributed by atoms with E-state index in [-0.39, 0.29) is 36.8 Å². The highest BCUT2D eigenvalue weighted by Gasteiger charge is 2.30. The molecule has 1 saturated heterocycles. The number of rotatable bonds is 6. The summed E-state index contributed by atoms with van der Waals surface area (Å²) >= 11 is 6.14. The number of carbonyl (C=O) groups is 2. The first-order chi connectivity index (χ1) is 15.9. The van der Waals surface area contributed by atoms with E-state index in [9.17, 15) is 18.0 Å². The van der Waals surface area contributed by atoms with E-state index < -0.39 is 28.5 Å². The van der Waals surface area contributed by atoms with Gasteiger partial charge in [0.05, 0.1) is 9.92 Å². The van der Waals surface area contributed by atoms with Gasteiger partial charge in [0.1, 0.15) is 5.76 Å². The van der Waals surface area contributed by atoms with E-state index in [1.807, 2.05) is 0 Å². The number of furan rings is 1. The zero-order valence-electron chi connectivity index (χ0n) is 17.5. The molecule has 1 amide bonds. The van der Waals surface area contributed by atoms with Gasteiger partial charge in [-0.2, -0.15) is 4.31 Å². The summed E-state index contributed by atoms with van der Waals surface area (Å²) in [5.74, 6) is -0.809. The minimum absolute atomic E-state index is 0.0449. The predicted octanol–water partition coefficient (Wildman–Crippen LogP) is 3.29. The van der Waals surface area contributed by atoms with Crippen molar-refractivity contribution >= 4 is 33.5 Å². The van der Waals surface area contributed by atoms with Crippen molar-refractivity contribution in [1.29, 1.82) is 0 Å². The number of amides is 1. The second-order valence-corrected chi connectivity index (χ2v) is 9.66. The highest BCUT2D eigenvalue weighted by molar-refractivity contribution is 7.89. The zero-order valence-corrected chi connectivity index (χ0v) is 19.1. The molecule has 3 aromatic rings. The van der Waals surface area contributed by atoms with Crippen LogP contribution in [0.3, 0.4) is 0 Å². The fourth-order valence-corrected chi connectivity index (χ4v) is 5.13. The third-order valence-electron chi connectivity index (χ3n) is 5.25. The lowest BCUT2D eigenvalue weighted by Crippen LogP contribution is -2.51. The molecule has 0 aliphatic carbocycles. The number of piperazine rings is 1. The number of esters is 1. The summed E-state index contributed by atoms with van der Waals surface area (Å²) in [7, 11) is -3.61. The lowest BCUT2D eigenvalue weighted by Gasteiger charge is -2.33. The summed E-state index contributed by atoms with van der Waals surface area (Å²) < 4.78 is 37.4. The molecule has 0 atom stereocenters. The Morgan fingerprint density at radius 2 is 1.58 bits per heavy atom. The van der Waals surface area contributed by atoms with Gasteiger partial charge in [-0.1, -0.05) is 41.9 Å². The number of hydrogen-bond acceptors (Lipinski definition) is 6. The van der Waals surface area contributed by atoms with Gasteiger partial charge in [0.2, 0.25) is 15.8 Å². The second kappa shape index (κ2) is 9.78. The third-order valence-corrected chi connectivity index (χ3v) is 7.49. The topological polar surface area (TPSA) is 97.1 Å². The molecular formula is C23H21ClN2O6S. The number of carbonyl (C=O) groups excluding carboxylic acids is 2. The predicted molar refractivity (Wildman–Crippen MR) is 121 cm³/mol. The van der Waals surface area contributed by atoms with Crippen molar-refractivity contribution in [2.75, 3.05) is 32.8 Å². The Hall–Kier alpha value is -3.14. The van der Waals surface area contributed by atoms with Gasteiger partial charge in [0, 0.05) is 31.7 Å². The van der Waals surface area contributed by atoms with Crippen LogP contribution in [0.4, 0.5) is 0 Å². The molecule has 172 valence electrons. The molecule has 33 heavy (non-hydrogen) atoms. The van der Waals surface area contributed by atoms with Gasteiger partial charge in [0.15, 0.2) is 6.61 Å². The fraction of sp³-hybridized carbons (Fsp3) is 0.217. The van der Waals surface area contributed by atoms with Crippen LogP contribution < -0.4 is 0 Å². The summed E-state index contributed by atoms with van der Waals surface area (Å²) in [6.45, 7) is 0.276. The molecule has 1 fully saturated rings. The summed E-state index contributed by atoms with van der Waals surface area (Å²) in [5, 5.41) is 0.482. The van der Waals surface area contributed by atoms with E-state index in [4.69, 9.17) is 20.8 Å². The number of nitrogens with zero attached hydrogens (tertiary/aromatic N) is 2. The molecule has 0 radical (unpaired) electrons. The highest BCUT2D eigenvalue weighted by Crippen LogP contribution is 2.29. The molecule has 0 saturated carbocycles. The lowest BCUT2D eigenvalue weighted by molar-refractivity contribution is -0.135. The summed E-state index contributed by atoms with van der Waals surface area (Å²) in [5.41, 5.74) is 0.637. The summed E-state index contributed by atoms with van der Waals surface area (Å²) in [6.07, 6.45) is 0. The SMILES string of the molecule is O=C(OCC(=O)N1CCN(S(=O)(=O)c2ccccc2)CC1)c1ccc(-c2ccccc2Cl)o1. The molecule has 1 aromatic heterocycles. The Morgan fingerprint density at radius 3 is 2.27 bits per heavy atom. The average Bonchev–Trinajstić information content (AvgIpc) is 3.33. The molecule has 0 spiro atoms. The number of benzene rings is 2. The standard InChI is InChI=1S/C23H21ClN2O6S/c24-19-9-5-4-8-18(19)20-10-11-21(32-20)23(28)31-16-22(27)25-12-14-26(15-13-25)33(29,30)17-6-2-1-3-7-17/h1-11H,12-16H2. The van der Waals surface area contributed by atoms with Gasteiger partial charge in [-0.3, -0.25) is 4.79 Å². The van der Waals surface area contributed by atoms with E-state index in [0.29, 0.717) is 16.3 Å². The van der Waals surface area contributed by atoms with Crippen LogP contribution >= 0.6 is 11.6 Å². The Balaban J connectivity index is 1.30. The van der Waals surface area contributed by atoms with Crippen molar-refractivity contribution in [2.24, 2.45) is 0 Å². The third kappa shape index (κ3) is 5.11. The van der Waals surface area contributed by atoms with E-state index in [2.05, 4.69) is 0 Å². The van der Waals surface area contributed by atoms with Crippen molar-refractivity contribution in [3.8, 4) is 11.3 Å². The number of halogens is 1. The molecule has 0 unspecified atom stereocenters. The van der Waals surface area contributed by atoms with E-state index >= 15 is 0 Å². The van der Waals surface area contributed by atoms with Crippen molar-refractivity contribution in [1.82, 2.24) is 9.21 Å². The molecular weight excluding hydrogens is 468 g/mol. The van der Waals surface area contributed by atoms with Crippen LogP contribution in [0.5, 0.6) is 0 Å². The number of hydrogen-bond donors (Lipinski definition) is 0. The van der Waals surface area contributed by atoms with Crippen LogP contribution in [0, 0.1) is 0 Å². The van der Waals surface area contributed by atoms with Gasteiger partial charge in [-0.15, -0.1) is 0 Å². The van der Waals surface area contributed by atoms with Gasteiger partial charge in [0.25, 0.3) is 5.91 Å². The van der Waals surface area contributed by atoms with Crippen molar-refractivity contribution in [3.05, 3.63) is 77.5 Å². The van der Waals surface area contributed by atoms with Gasteiger partial charge in [-0.25, -0.2) is 13.2 Å². The molecule has 2 heterocycles. The minimum atomic E-state index is -3.61. The molecule has 0 N–H and O–H groups in total. The van der Waals surface area contributed by atoms with E-state index in [0.717, 1.165) is 0 Å². The molecule has 1 aliphatic heterocycles. The first-order valence-electron chi connectivity index (χ1n) is 10.2. The molecule has 10 heteroatoms. The van der Waals surface area contributed by atoms with Crippen molar-refractivity contribution in [2.45, 2.75) is 4.90 Å². The average molecular weight is 489 g/mol. The van der Waals surface area contributed by atoms with Crippen LogP contribution in [-0.4, -0.2) is 62.3 Å². The zero-order chi connectivity index (χ0) is 23.4. The monoisotopic (exact) mass is 488 g/mol. The van der Waals surface area contributed by atoms with Crippen LogP contribution in [0.15, 0.2) is 76.0 Å². The molecule has 2 aromatic carbocycles. The largest absolute Gasteiger partial charge is 0.450 e. The van der Waals surface area contributed by atoms with Crippen LogP contribution in [-0.2, 0) is 19.6 Å². The van der Waals surface area contributed by atoms with Gasteiger partial charge >= 0.3 is 5.97 Å². The quantitative estimate of drug-likeness (QED) is 0.494. The van der Waals surface area contributed by atoms with E-state index in [1.54, 1.807) is 48.5 Å². The summed E-state index contributed by atoms with van der Waals surface area (Å²) in [6, 6.07) is 18.3. The molecule has 8 nitrogen and oxygen atoms in total. The number of ether oxygens (including phenoxy) is 1. The number of sulfonamides is 1. The van der Waals surface area contributed by atoms with Crippen molar-refractivity contribution < 1.29 is 27.2 Å². The Kier molecular flexibility index (Phi) is 6.83. The lowest BCUT2D eigenvalue weighted by atomic mass is 10.2. The first-order valence-corrected chi connectivity index (χ1v) is 12.0. The molecule has 0 bridgehead atoms. The minimum Gasteiger partial charge on any atom is -0.450 e. The van der Waals surface area contributed by atoms with Crippen LogP contribution in [0.25, 0.3) is 11.3 Å². The second-order valence-electron chi connectivity index (χ2n) is 7.32. The van der Waals surface area contributed by atoms with Gasteiger partial charge in [-0.05, 0) is 36.4 Å². The maximum absolute atomic E-state index is 12.7. The van der Waals surface area contributed by atoms with Gasteiger partial charge < -0.3 is 14.1 Å². The highest BCUT2D eigenvalue weighted by atomic mass is 35.5. The molecule has 1 aliphatic rings. The Bertz CT molecular complexity index is 1250. The Morgan fingerprint density at radius 1 is 0.909 bits per heavy atom. The van der Waals surface area contributed by atoms with Crippen LogP contribution in [0.2, 0.25) is 5.02 Å². The maximum Gasteiger partial charge on any atom is 0.374 e. The maximum atomic E-state index is 12.7. The van der Waals surface area contributed by atoms with Crippen molar-refractivity contribution in [3.63, 3.8) is 0 Å².